The molecular formula is C15H20F2O. The number of aliphatic hydroxyl groups is 1. The minimum atomic E-state index is -2.47. The number of benzene rings is 1. The number of halogens is 2. The molecule has 1 aliphatic carbocycles. The van der Waals surface area contributed by atoms with Crippen LogP contribution in [-0.2, 0) is 5.60 Å². The third-order valence-electron chi connectivity index (χ3n) is 4.02. The molecule has 1 unspecified atom stereocenters. The second-order valence-corrected chi connectivity index (χ2v) is 5.22. The molecule has 0 spiro atoms. The second-order valence-electron chi connectivity index (χ2n) is 5.22. The van der Waals surface area contributed by atoms with Gasteiger partial charge >= 0.3 is 0 Å². The Kier molecular flexibility index (Phi) is 4.33. The standard InChI is InChI=1S/C15H20F2O/c16-14(17)11-15(18,12-7-3-1-4-8-12)13-9-5-2-6-10-13/h1,3-4,7-8,13-14,18H,2,5-6,9-11H2. The van der Waals surface area contributed by atoms with E-state index in [1.807, 2.05) is 6.07 Å². The van der Waals surface area contributed by atoms with Crippen LogP contribution >= 0.6 is 0 Å². The third-order valence-corrected chi connectivity index (χ3v) is 4.02. The highest BCUT2D eigenvalue weighted by atomic mass is 19.3. The molecule has 1 aromatic rings. The van der Waals surface area contributed by atoms with Gasteiger partial charge in [0.25, 0.3) is 0 Å². The topological polar surface area (TPSA) is 20.2 Å². The monoisotopic (exact) mass is 254 g/mol. The molecule has 0 radical (unpaired) electrons. The molecule has 1 aromatic carbocycles. The van der Waals surface area contributed by atoms with Crippen LogP contribution in [0.5, 0.6) is 0 Å². The second kappa shape index (κ2) is 5.79. The predicted octanol–water partition coefficient (Wildman–Crippen LogP) is 4.11. The normalized spacial score (nSPS) is 20.9. The molecular weight excluding hydrogens is 234 g/mol. The van der Waals surface area contributed by atoms with E-state index in [0.29, 0.717) is 5.56 Å². The highest BCUT2D eigenvalue weighted by Crippen LogP contribution is 2.42. The molecule has 0 bridgehead atoms. The van der Waals surface area contributed by atoms with Crippen LogP contribution in [0.25, 0.3) is 0 Å². The van der Waals surface area contributed by atoms with Gasteiger partial charge in [-0.15, -0.1) is 0 Å². The molecule has 1 fully saturated rings. The molecule has 0 amide bonds. The average Bonchev–Trinajstić information content (AvgIpc) is 2.40. The molecule has 100 valence electrons. The first-order valence-electron chi connectivity index (χ1n) is 6.69. The van der Waals surface area contributed by atoms with E-state index < -0.39 is 18.4 Å². The molecule has 3 heteroatoms. The average molecular weight is 254 g/mol. The van der Waals surface area contributed by atoms with Crippen LogP contribution in [-0.4, -0.2) is 11.5 Å². The zero-order valence-electron chi connectivity index (χ0n) is 10.5. The Morgan fingerprint density at radius 3 is 2.28 bits per heavy atom. The zero-order chi connectivity index (χ0) is 13.0. The van der Waals surface area contributed by atoms with E-state index in [0.717, 1.165) is 32.1 Å². The molecule has 1 nitrogen and oxygen atoms in total. The molecule has 0 heterocycles. The molecule has 1 saturated carbocycles. The number of hydrogen-bond acceptors (Lipinski definition) is 1. The van der Waals surface area contributed by atoms with Crippen molar-refractivity contribution in [2.24, 2.45) is 5.92 Å². The number of alkyl halides is 2. The first-order chi connectivity index (χ1) is 8.63. The Bertz CT molecular complexity index is 360. The van der Waals surface area contributed by atoms with Gasteiger partial charge in [0.05, 0.1) is 5.60 Å². The van der Waals surface area contributed by atoms with Crippen molar-refractivity contribution in [1.82, 2.24) is 0 Å². The first-order valence-corrected chi connectivity index (χ1v) is 6.69. The molecule has 0 aliphatic heterocycles. The van der Waals surface area contributed by atoms with Gasteiger partial charge in [-0.25, -0.2) is 8.78 Å². The summed E-state index contributed by atoms with van der Waals surface area (Å²) >= 11 is 0. The van der Waals surface area contributed by atoms with Crippen LogP contribution in [0.2, 0.25) is 0 Å². The van der Waals surface area contributed by atoms with E-state index in [2.05, 4.69) is 0 Å². The summed E-state index contributed by atoms with van der Waals surface area (Å²) in [5.74, 6) is -0.0392. The van der Waals surface area contributed by atoms with E-state index >= 15 is 0 Å². The Hall–Kier alpha value is -0.960. The largest absolute Gasteiger partial charge is 0.385 e. The van der Waals surface area contributed by atoms with Gasteiger partial charge in [-0.2, -0.15) is 0 Å². The summed E-state index contributed by atoms with van der Waals surface area (Å²) in [7, 11) is 0. The quantitative estimate of drug-likeness (QED) is 0.857. The first kappa shape index (κ1) is 13.5. The van der Waals surface area contributed by atoms with Crippen LogP contribution in [0.4, 0.5) is 8.78 Å². The van der Waals surface area contributed by atoms with Gasteiger partial charge in [-0.3, -0.25) is 0 Å². The van der Waals surface area contributed by atoms with Gasteiger partial charge in [0.2, 0.25) is 6.43 Å². The van der Waals surface area contributed by atoms with Crippen molar-refractivity contribution in [2.75, 3.05) is 0 Å². The van der Waals surface area contributed by atoms with Crippen LogP contribution in [0.3, 0.4) is 0 Å². The molecule has 0 saturated heterocycles. The molecule has 1 aliphatic rings. The van der Waals surface area contributed by atoms with E-state index in [-0.39, 0.29) is 5.92 Å². The van der Waals surface area contributed by atoms with Gasteiger partial charge in [0.1, 0.15) is 0 Å². The minimum absolute atomic E-state index is 0.0392. The van der Waals surface area contributed by atoms with Crippen molar-refractivity contribution in [2.45, 2.75) is 50.6 Å². The van der Waals surface area contributed by atoms with Crippen molar-refractivity contribution < 1.29 is 13.9 Å². The maximum atomic E-state index is 12.8. The highest BCUT2D eigenvalue weighted by Gasteiger charge is 2.40. The lowest BCUT2D eigenvalue weighted by atomic mass is 9.72. The fraction of sp³-hybridized carbons (Fsp3) is 0.600. The fourth-order valence-electron chi connectivity index (χ4n) is 3.06. The Morgan fingerprint density at radius 2 is 1.72 bits per heavy atom. The number of rotatable bonds is 4. The Labute approximate surface area is 107 Å². The highest BCUT2D eigenvalue weighted by molar-refractivity contribution is 5.23. The predicted molar refractivity (Wildman–Crippen MR) is 67.5 cm³/mol. The van der Waals surface area contributed by atoms with Gasteiger partial charge in [0.15, 0.2) is 0 Å². The molecule has 2 rings (SSSR count). The lowest BCUT2D eigenvalue weighted by molar-refractivity contribution is -0.0808. The lowest BCUT2D eigenvalue weighted by Gasteiger charge is -2.39. The third kappa shape index (κ3) is 2.89. The van der Waals surface area contributed by atoms with Crippen molar-refractivity contribution in [3.8, 4) is 0 Å². The van der Waals surface area contributed by atoms with Crippen molar-refractivity contribution in [3.05, 3.63) is 35.9 Å². The summed E-state index contributed by atoms with van der Waals surface area (Å²) in [4.78, 5) is 0. The molecule has 1 atom stereocenters. The fourth-order valence-corrected chi connectivity index (χ4v) is 3.06. The number of hydrogen-bond donors (Lipinski definition) is 1. The lowest BCUT2D eigenvalue weighted by Crippen LogP contribution is -2.38. The van der Waals surface area contributed by atoms with Crippen LogP contribution in [0.1, 0.15) is 44.1 Å². The van der Waals surface area contributed by atoms with Crippen molar-refractivity contribution >= 4 is 0 Å². The van der Waals surface area contributed by atoms with Gasteiger partial charge < -0.3 is 5.11 Å². The summed E-state index contributed by atoms with van der Waals surface area (Å²) in [6, 6.07) is 8.96. The van der Waals surface area contributed by atoms with E-state index in [4.69, 9.17) is 0 Å². The van der Waals surface area contributed by atoms with E-state index in [1.54, 1.807) is 24.3 Å². The van der Waals surface area contributed by atoms with Gasteiger partial charge in [-0.05, 0) is 24.3 Å². The maximum absolute atomic E-state index is 12.8. The molecule has 1 N–H and O–H groups in total. The molecule has 18 heavy (non-hydrogen) atoms. The molecule has 0 aromatic heterocycles. The summed E-state index contributed by atoms with van der Waals surface area (Å²) < 4.78 is 25.6. The van der Waals surface area contributed by atoms with E-state index in [1.165, 1.54) is 0 Å². The van der Waals surface area contributed by atoms with Crippen molar-refractivity contribution in [1.29, 1.82) is 0 Å². The summed E-state index contributed by atoms with van der Waals surface area (Å²) in [6.45, 7) is 0. The summed E-state index contributed by atoms with van der Waals surface area (Å²) in [5, 5.41) is 10.8. The summed E-state index contributed by atoms with van der Waals surface area (Å²) in [5.41, 5.74) is -0.729. The summed E-state index contributed by atoms with van der Waals surface area (Å²) in [6.07, 6.45) is 1.97. The van der Waals surface area contributed by atoms with Crippen molar-refractivity contribution in [3.63, 3.8) is 0 Å². The minimum Gasteiger partial charge on any atom is -0.385 e. The smallest absolute Gasteiger partial charge is 0.241 e. The SMILES string of the molecule is OC(CC(F)F)(c1ccccc1)C1CCCCC1. The van der Waals surface area contributed by atoms with Crippen LogP contribution in [0, 0.1) is 5.92 Å². The Balaban J connectivity index is 2.27. The van der Waals surface area contributed by atoms with E-state index in [9.17, 15) is 13.9 Å². The maximum Gasteiger partial charge on any atom is 0.241 e. The Morgan fingerprint density at radius 1 is 1.11 bits per heavy atom. The van der Waals surface area contributed by atoms with Gasteiger partial charge in [0, 0.05) is 6.42 Å². The van der Waals surface area contributed by atoms with Crippen LogP contribution in [0.15, 0.2) is 30.3 Å². The van der Waals surface area contributed by atoms with Gasteiger partial charge in [-0.1, -0.05) is 49.6 Å². The zero-order valence-corrected chi connectivity index (χ0v) is 10.5. The van der Waals surface area contributed by atoms with Crippen LogP contribution < -0.4 is 0 Å².